The van der Waals surface area contributed by atoms with Gasteiger partial charge in [-0.1, -0.05) is 18.5 Å². The first-order chi connectivity index (χ1) is 9.11. The average Bonchev–Trinajstić information content (AvgIpc) is 2.79. The van der Waals surface area contributed by atoms with Crippen LogP contribution in [0.5, 0.6) is 0 Å². The highest BCUT2D eigenvalue weighted by molar-refractivity contribution is 6.30. The summed E-state index contributed by atoms with van der Waals surface area (Å²) in [4.78, 5) is 16.0. The van der Waals surface area contributed by atoms with Crippen LogP contribution in [-0.2, 0) is 0 Å². The van der Waals surface area contributed by atoms with Crippen LogP contribution in [0.25, 0.3) is 5.69 Å². The maximum Gasteiger partial charge on any atom is 0.290 e. The molecule has 2 aromatic rings. The fourth-order valence-electron chi connectivity index (χ4n) is 1.63. The van der Waals surface area contributed by atoms with Crippen molar-refractivity contribution in [3.05, 3.63) is 40.9 Å². The number of amides is 1. The van der Waals surface area contributed by atoms with Crippen LogP contribution in [0.15, 0.2) is 24.3 Å². The van der Waals surface area contributed by atoms with Crippen molar-refractivity contribution in [1.82, 2.24) is 20.1 Å². The molecule has 0 fully saturated rings. The molecule has 0 atom stereocenters. The average molecular weight is 279 g/mol. The standard InChI is InChI=1S/C13H15ClN4O/c1-3-8-15-13(19)12-16-9(2)18(17-12)11-6-4-10(14)5-7-11/h4-7H,3,8H2,1-2H3,(H,15,19). The van der Waals surface area contributed by atoms with Gasteiger partial charge in [0.2, 0.25) is 5.82 Å². The minimum absolute atomic E-state index is 0.181. The van der Waals surface area contributed by atoms with Gasteiger partial charge in [-0.15, -0.1) is 5.10 Å². The highest BCUT2D eigenvalue weighted by Crippen LogP contribution is 2.14. The molecule has 5 nitrogen and oxygen atoms in total. The minimum atomic E-state index is -0.252. The predicted molar refractivity (Wildman–Crippen MR) is 73.7 cm³/mol. The zero-order valence-corrected chi connectivity index (χ0v) is 11.6. The van der Waals surface area contributed by atoms with E-state index in [2.05, 4.69) is 15.4 Å². The molecule has 1 heterocycles. The van der Waals surface area contributed by atoms with Gasteiger partial charge < -0.3 is 5.32 Å². The fourth-order valence-corrected chi connectivity index (χ4v) is 1.76. The van der Waals surface area contributed by atoms with Gasteiger partial charge in [0.1, 0.15) is 5.82 Å². The number of nitrogens with zero attached hydrogens (tertiary/aromatic N) is 3. The SMILES string of the molecule is CCCNC(=O)c1nc(C)n(-c2ccc(Cl)cc2)n1. The van der Waals surface area contributed by atoms with Crippen molar-refractivity contribution in [2.75, 3.05) is 6.54 Å². The first-order valence-electron chi connectivity index (χ1n) is 6.09. The van der Waals surface area contributed by atoms with Crippen molar-refractivity contribution >= 4 is 17.5 Å². The van der Waals surface area contributed by atoms with Gasteiger partial charge in [-0.05, 0) is 37.6 Å². The van der Waals surface area contributed by atoms with E-state index in [1.54, 1.807) is 23.7 Å². The Balaban J connectivity index is 2.26. The largest absolute Gasteiger partial charge is 0.349 e. The Hall–Kier alpha value is -1.88. The number of aromatic nitrogens is 3. The number of benzene rings is 1. The van der Waals surface area contributed by atoms with Crippen LogP contribution in [0, 0.1) is 6.92 Å². The smallest absolute Gasteiger partial charge is 0.290 e. The van der Waals surface area contributed by atoms with Crippen LogP contribution in [0.2, 0.25) is 5.02 Å². The van der Waals surface area contributed by atoms with Crippen LogP contribution < -0.4 is 5.32 Å². The molecule has 0 saturated carbocycles. The molecule has 0 unspecified atom stereocenters. The lowest BCUT2D eigenvalue weighted by atomic mass is 10.3. The van der Waals surface area contributed by atoms with Gasteiger partial charge in [-0.3, -0.25) is 4.79 Å². The molecule has 100 valence electrons. The van der Waals surface area contributed by atoms with Crippen molar-refractivity contribution in [1.29, 1.82) is 0 Å². The van der Waals surface area contributed by atoms with Crippen molar-refractivity contribution in [2.24, 2.45) is 0 Å². The van der Waals surface area contributed by atoms with Gasteiger partial charge in [-0.2, -0.15) is 0 Å². The van der Waals surface area contributed by atoms with Crippen LogP contribution >= 0.6 is 11.6 Å². The van der Waals surface area contributed by atoms with E-state index in [4.69, 9.17) is 11.6 Å². The summed E-state index contributed by atoms with van der Waals surface area (Å²) in [7, 11) is 0. The third-order valence-electron chi connectivity index (χ3n) is 2.58. The van der Waals surface area contributed by atoms with Gasteiger partial charge in [0.25, 0.3) is 5.91 Å². The molecule has 1 aromatic heterocycles. The van der Waals surface area contributed by atoms with E-state index in [1.165, 1.54) is 0 Å². The highest BCUT2D eigenvalue weighted by atomic mass is 35.5. The highest BCUT2D eigenvalue weighted by Gasteiger charge is 2.14. The number of nitrogens with one attached hydrogen (secondary N) is 1. The maximum atomic E-state index is 11.8. The third-order valence-corrected chi connectivity index (χ3v) is 2.83. The summed E-state index contributed by atoms with van der Waals surface area (Å²) in [6.07, 6.45) is 0.878. The molecular weight excluding hydrogens is 264 g/mol. The number of hydrogen-bond acceptors (Lipinski definition) is 3. The number of carbonyl (C=O) groups excluding carboxylic acids is 1. The predicted octanol–water partition coefficient (Wildman–Crippen LogP) is 2.37. The van der Waals surface area contributed by atoms with Crippen LogP contribution in [0.1, 0.15) is 29.8 Å². The summed E-state index contributed by atoms with van der Waals surface area (Å²) >= 11 is 5.84. The van der Waals surface area contributed by atoms with Crippen molar-refractivity contribution in [3.63, 3.8) is 0 Å². The number of hydrogen-bond donors (Lipinski definition) is 1. The lowest BCUT2D eigenvalue weighted by Gasteiger charge is -2.02. The molecule has 0 aliphatic heterocycles. The maximum absolute atomic E-state index is 11.8. The van der Waals surface area contributed by atoms with E-state index < -0.39 is 0 Å². The topological polar surface area (TPSA) is 59.8 Å². The third kappa shape index (κ3) is 3.12. The van der Waals surface area contributed by atoms with Gasteiger partial charge in [0, 0.05) is 11.6 Å². The van der Waals surface area contributed by atoms with E-state index in [0.29, 0.717) is 17.4 Å². The minimum Gasteiger partial charge on any atom is -0.349 e. The molecule has 1 N–H and O–H groups in total. The zero-order valence-electron chi connectivity index (χ0n) is 10.9. The molecule has 0 aliphatic carbocycles. The fraction of sp³-hybridized carbons (Fsp3) is 0.308. The normalized spacial score (nSPS) is 10.5. The van der Waals surface area contributed by atoms with E-state index in [0.717, 1.165) is 12.1 Å². The molecule has 1 aromatic carbocycles. The van der Waals surface area contributed by atoms with E-state index in [-0.39, 0.29) is 11.7 Å². The number of halogens is 1. The Labute approximate surface area is 116 Å². The number of rotatable bonds is 4. The second kappa shape index (κ2) is 5.84. The molecule has 1 amide bonds. The van der Waals surface area contributed by atoms with Crippen LogP contribution in [-0.4, -0.2) is 27.2 Å². The molecule has 0 spiro atoms. The molecular formula is C13H15ClN4O. The Morgan fingerprint density at radius 2 is 2.05 bits per heavy atom. The summed E-state index contributed by atoms with van der Waals surface area (Å²) in [5.74, 6) is 0.586. The number of carbonyl (C=O) groups is 1. The summed E-state index contributed by atoms with van der Waals surface area (Å²) in [5.41, 5.74) is 0.823. The van der Waals surface area contributed by atoms with Crippen molar-refractivity contribution in [3.8, 4) is 5.69 Å². The quantitative estimate of drug-likeness (QED) is 0.934. The van der Waals surface area contributed by atoms with Gasteiger partial charge in [0.05, 0.1) is 5.69 Å². The van der Waals surface area contributed by atoms with Crippen molar-refractivity contribution < 1.29 is 4.79 Å². The molecule has 6 heteroatoms. The first-order valence-corrected chi connectivity index (χ1v) is 6.47. The second-order valence-electron chi connectivity index (χ2n) is 4.13. The Morgan fingerprint density at radius 1 is 1.37 bits per heavy atom. The van der Waals surface area contributed by atoms with Gasteiger partial charge in [-0.25, -0.2) is 9.67 Å². The monoisotopic (exact) mass is 278 g/mol. The Kier molecular flexibility index (Phi) is 4.16. The van der Waals surface area contributed by atoms with Crippen LogP contribution in [0.4, 0.5) is 0 Å². The number of aryl methyl sites for hydroxylation is 1. The molecule has 0 radical (unpaired) electrons. The summed E-state index contributed by atoms with van der Waals surface area (Å²) < 4.78 is 1.62. The van der Waals surface area contributed by atoms with E-state index in [1.807, 2.05) is 19.1 Å². The van der Waals surface area contributed by atoms with E-state index in [9.17, 15) is 4.79 Å². The lowest BCUT2D eigenvalue weighted by Crippen LogP contribution is -2.25. The second-order valence-corrected chi connectivity index (χ2v) is 4.56. The Bertz CT molecular complexity index is 577. The van der Waals surface area contributed by atoms with Gasteiger partial charge in [0.15, 0.2) is 0 Å². The van der Waals surface area contributed by atoms with Crippen LogP contribution in [0.3, 0.4) is 0 Å². The molecule has 2 rings (SSSR count). The summed E-state index contributed by atoms with van der Waals surface area (Å²) in [6, 6.07) is 7.21. The molecule has 0 aliphatic rings. The van der Waals surface area contributed by atoms with Gasteiger partial charge >= 0.3 is 0 Å². The zero-order chi connectivity index (χ0) is 13.8. The summed E-state index contributed by atoms with van der Waals surface area (Å²) in [6.45, 7) is 4.41. The molecule has 19 heavy (non-hydrogen) atoms. The lowest BCUT2D eigenvalue weighted by molar-refractivity contribution is 0.0943. The summed E-state index contributed by atoms with van der Waals surface area (Å²) in [5, 5.41) is 7.62. The molecule has 0 bridgehead atoms. The Morgan fingerprint density at radius 3 is 2.68 bits per heavy atom. The van der Waals surface area contributed by atoms with Crippen molar-refractivity contribution in [2.45, 2.75) is 20.3 Å². The first kappa shape index (κ1) is 13.5. The molecule has 0 saturated heterocycles. The van der Waals surface area contributed by atoms with E-state index >= 15 is 0 Å².